The van der Waals surface area contributed by atoms with Crippen LogP contribution in [-0.2, 0) is 13.0 Å². The molecule has 0 aromatic carbocycles. The van der Waals surface area contributed by atoms with Crippen LogP contribution >= 0.6 is 0 Å². The summed E-state index contributed by atoms with van der Waals surface area (Å²) in [7, 11) is 0. The zero-order chi connectivity index (χ0) is 10.0. The van der Waals surface area contributed by atoms with Crippen molar-refractivity contribution >= 4 is 0 Å². The van der Waals surface area contributed by atoms with Gasteiger partial charge in [0.15, 0.2) is 5.75 Å². The van der Waals surface area contributed by atoms with Crippen molar-refractivity contribution < 1.29 is 5.11 Å². The van der Waals surface area contributed by atoms with Crippen molar-refractivity contribution in [2.45, 2.75) is 46.6 Å². The number of aromatic nitrogens is 2. The molecule has 0 aliphatic rings. The average Bonchev–Trinajstić information content (AvgIpc) is 2.41. The Kier molecular flexibility index (Phi) is 2.96. The summed E-state index contributed by atoms with van der Waals surface area (Å²) in [6.07, 6.45) is 0.790. The molecule has 3 nitrogen and oxygen atoms in total. The van der Waals surface area contributed by atoms with Crippen molar-refractivity contribution in [1.29, 1.82) is 0 Å². The molecule has 1 heterocycles. The van der Waals surface area contributed by atoms with Gasteiger partial charge in [-0.2, -0.15) is 5.10 Å². The first-order valence-electron chi connectivity index (χ1n) is 4.90. The fourth-order valence-corrected chi connectivity index (χ4v) is 1.57. The third kappa shape index (κ3) is 1.69. The van der Waals surface area contributed by atoms with E-state index in [1.807, 2.05) is 18.5 Å². The molecule has 0 aliphatic heterocycles. The fraction of sp³-hybridized carbons (Fsp3) is 0.700. The molecule has 0 saturated carbocycles. The maximum absolute atomic E-state index is 9.83. The van der Waals surface area contributed by atoms with Crippen molar-refractivity contribution in [3.05, 3.63) is 11.4 Å². The van der Waals surface area contributed by atoms with E-state index >= 15 is 0 Å². The van der Waals surface area contributed by atoms with Gasteiger partial charge in [-0.1, -0.05) is 20.8 Å². The van der Waals surface area contributed by atoms with Crippen LogP contribution in [0, 0.1) is 0 Å². The highest BCUT2D eigenvalue weighted by molar-refractivity contribution is 5.34. The minimum atomic E-state index is 0.327. The second kappa shape index (κ2) is 3.81. The summed E-state index contributed by atoms with van der Waals surface area (Å²) in [6, 6.07) is 0. The van der Waals surface area contributed by atoms with Gasteiger partial charge in [0.05, 0.1) is 5.69 Å². The molecule has 0 atom stereocenters. The number of hydrogen-bond acceptors (Lipinski definition) is 2. The van der Waals surface area contributed by atoms with Gasteiger partial charge in [-0.05, 0) is 19.3 Å². The van der Waals surface area contributed by atoms with Gasteiger partial charge in [-0.3, -0.25) is 4.68 Å². The molecule has 3 heteroatoms. The molecule has 1 N–H and O–H groups in total. The highest BCUT2D eigenvalue weighted by atomic mass is 16.3. The van der Waals surface area contributed by atoms with E-state index in [1.54, 1.807) is 0 Å². The van der Waals surface area contributed by atoms with Gasteiger partial charge < -0.3 is 5.11 Å². The predicted molar refractivity (Wildman–Crippen MR) is 53.0 cm³/mol. The van der Waals surface area contributed by atoms with Gasteiger partial charge in [0.2, 0.25) is 0 Å². The maximum Gasteiger partial charge on any atom is 0.160 e. The molecular weight excluding hydrogens is 164 g/mol. The van der Waals surface area contributed by atoms with E-state index in [2.05, 4.69) is 18.9 Å². The monoisotopic (exact) mass is 182 g/mol. The largest absolute Gasteiger partial charge is 0.504 e. The summed E-state index contributed by atoms with van der Waals surface area (Å²) in [5, 5.41) is 14.2. The molecule has 0 fully saturated rings. The van der Waals surface area contributed by atoms with Crippen LogP contribution in [0.15, 0.2) is 0 Å². The molecule has 0 amide bonds. The Morgan fingerprint density at radius 3 is 2.31 bits per heavy atom. The second-order valence-corrected chi connectivity index (χ2v) is 3.50. The first kappa shape index (κ1) is 10.1. The first-order chi connectivity index (χ1) is 6.11. The number of nitrogens with zero attached hydrogens (tertiary/aromatic N) is 2. The van der Waals surface area contributed by atoms with Crippen LogP contribution in [0.4, 0.5) is 0 Å². The molecule has 0 aliphatic carbocycles. The third-order valence-corrected chi connectivity index (χ3v) is 2.22. The summed E-state index contributed by atoms with van der Waals surface area (Å²) in [5.41, 5.74) is 1.77. The molecule has 0 saturated heterocycles. The van der Waals surface area contributed by atoms with Crippen LogP contribution < -0.4 is 0 Å². The topological polar surface area (TPSA) is 38.0 Å². The van der Waals surface area contributed by atoms with Crippen molar-refractivity contribution in [1.82, 2.24) is 9.78 Å². The Hall–Kier alpha value is -0.990. The predicted octanol–water partition coefficient (Wildman–Crippen LogP) is 2.29. The SMILES string of the molecule is CCc1nn(CC)c(C(C)C)c1O. The maximum atomic E-state index is 9.83. The minimum absolute atomic E-state index is 0.327. The van der Waals surface area contributed by atoms with Crippen LogP contribution in [-0.4, -0.2) is 14.9 Å². The number of rotatable bonds is 3. The molecule has 1 rings (SSSR count). The third-order valence-electron chi connectivity index (χ3n) is 2.22. The van der Waals surface area contributed by atoms with Gasteiger partial charge in [0.25, 0.3) is 0 Å². The van der Waals surface area contributed by atoms with Crippen molar-refractivity contribution in [2.75, 3.05) is 0 Å². The zero-order valence-electron chi connectivity index (χ0n) is 8.83. The Bertz CT molecular complexity index is 289. The molecule has 0 spiro atoms. The lowest BCUT2D eigenvalue weighted by Crippen LogP contribution is -2.04. The van der Waals surface area contributed by atoms with Gasteiger partial charge in [-0.25, -0.2) is 0 Å². The molecule has 1 aromatic rings. The molecular formula is C10H18N2O. The fourth-order valence-electron chi connectivity index (χ4n) is 1.57. The lowest BCUT2D eigenvalue weighted by atomic mass is 10.1. The van der Waals surface area contributed by atoms with Crippen LogP contribution in [0.5, 0.6) is 5.75 Å². The molecule has 74 valence electrons. The van der Waals surface area contributed by atoms with Crippen LogP contribution in [0.2, 0.25) is 0 Å². The zero-order valence-corrected chi connectivity index (χ0v) is 8.83. The highest BCUT2D eigenvalue weighted by Gasteiger charge is 2.17. The summed E-state index contributed by atoms with van der Waals surface area (Å²) in [4.78, 5) is 0. The van der Waals surface area contributed by atoms with Crippen LogP contribution in [0.25, 0.3) is 0 Å². The normalized spacial score (nSPS) is 11.2. The Labute approximate surface area is 79.4 Å². The quantitative estimate of drug-likeness (QED) is 0.778. The number of hydrogen-bond donors (Lipinski definition) is 1. The van der Waals surface area contributed by atoms with Crippen LogP contribution in [0.3, 0.4) is 0 Å². The molecule has 1 aromatic heterocycles. The molecule has 0 bridgehead atoms. The van der Waals surface area contributed by atoms with Gasteiger partial charge in [-0.15, -0.1) is 0 Å². The van der Waals surface area contributed by atoms with Gasteiger partial charge >= 0.3 is 0 Å². The van der Waals surface area contributed by atoms with E-state index in [-0.39, 0.29) is 0 Å². The van der Waals surface area contributed by atoms with Gasteiger partial charge in [0, 0.05) is 6.54 Å². The molecule has 13 heavy (non-hydrogen) atoms. The lowest BCUT2D eigenvalue weighted by molar-refractivity contribution is 0.454. The number of aromatic hydroxyl groups is 1. The van der Waals surface area contributed by atoms with Gasteiger partial charge in [0.1, 0.15) is 5.69 Å². The summed E-state index contributed by atoms with van der Waals surface area (Å²) >= 11 is 0. The lowest BCUT2D eigenvalue weighted by Gasteiger charge is -2.07. The number of aryl methyl sites for hydroxylation is 2. The first-order valence-corrected chi connectivity index (χ1v) is 4.90. The van der Waals surface area contributed by atoms with E-state index in [1.165, 1.54) is 0 Å². The van der Waals surface area contributed by atoms with Crippen molar-refractivity contribution in [3.63, 3.8) is 0 Å². The van der Waals surface area contributed by atoms with Crippen molar-refractivity contribution in [3.8, 4) is 5.75 Å². The smallest absolute Gasteiger partial charge is 0.160 e. The van der Waals surface area contributed by atoms with E-state index in [0.29, 0.717) is 11.7 Å². The van der Waals surface area contributed by atoms with Crippen molar-refractivity contribution in [2.24, 2.45) is 0 Å². The van der Waals surface area contributed by atoms with E-state index < -0.39 is 0 Å². The highest BCUT2D eigenvalue weighted by Crippen LogP contribution is 2.28. The Morgan fingerprint density at radius 1 is 1.38 bits per heavy atom. The minimum Gasteiger partial charge on any atom is -0.504 e. The molecule has 0 unspecified atom stereocenters. The summed E-state index contributed by atoms with van der Waals surface area (Å²) in [6.45, 7) is 9.01. The summed E-state index contributed by atoms with van der Waals surface area (Å²) in [5.74, 6) is 0.715. The van der Waals surface area contributed by atoms with E-state index in [9.17, 15) is 5.11 Å². The standard InChI is InChI=1S/C10H18N2O/c1-5-8-10(13)9(7(3)4)12(6-2)11-8/h7,13H,5-6H2,1-4H3. The summed E-state index contributed by atoms with van der Waals surface area (Å²) < 4.78 is 1.89. The van der Waals surface area contributed by atoms with E-state index in [0.717, 1.165) is 24.4 Å². The second-order valence-electron chi connectivity index (χ2n) is 3.50. The Balaban J connectivity index is 3.20. The molecule has 0 radical (unpaired) electrons. The average molecular weight is 182 g/mol. The van der Waals surface area contributed by atoms with Crippen LogP contribution in [0.1, 0.15) is 45.0 Å². The van der Waals surface area contributed by atoms with E-state index in [4.69, 9.17) is 0 Å². The Morgan fingerprint density at radius 2 is 2.00 bits per heavy atom.